The smallest absolute Gasteiger partial charge is 0.0632 e. The van der Waals surface area contributed by atoms with Gasteiger partial charge in [-0.2, -0.15) is 0 Å². The van der Waals surface area contributed by atoms with E-state index in [9.17, 15) is 0 Å². The molecule has 17 heavy (non-hydrogen) atoms. The van der Waals surface area contributed by atoms with Gasteiger partial charge in [0, 0.05) is 14.3 Å². The standard InChI is InChI=1S/C14H16S3/c1-2-3-4-5-6-10-9-12-14(16-10)13-11(17-12)7-8-15-13/h7-9H,2-6H2,1H3. The molecule has 0 N–H and O–H groups in total. The third kappa shape index (κ3) is 2.28. The van der Waals surface area contributed by atoms with Crippen LogP contribution < -0.4 is 0 Å². The largest absolute Gasteiger partial charge is 0.141 e. The van der Waals surface area contributed by atoms with Crippen LogP contribution in [-0.4, -0.2) is 0 Å². The van der Waals surface area contributed by atoms with E-state index in [4.69, 9.17) is 0 Å². The first-order valence-electron chi connectivity index (χ1n) is 6.27. The van der Waals surface area contributed by atoms with E-state index < -0.39 is 0 Å². The SMILES string of the molecule is CCCCCCc1cc2sc3ccsc3c2s1. The van der Waals surface area contributed by atoms with E-state index in [-0.39, 0.29) is 0 Å². The van der Waals surface area contributed by atoms with Gasteiger partial charge in [0.1, 0.15) is 0 Å². The first-order chi connectivity index (χ1) is 8.38. The Balaban J connectivity index is 1.79. The molecule has 0 amide bonds. The van der Waals surface area contributed by atoms with Crippen molar-refractivity contribution in [3.63, 3.8) is 0 Å². The average molecular weight is 280 g/mol. The summed E-state index contributed by atoms with van der Waals surface area (Å²) in [6, 6.07) is 4.67. The highest BCUT2D eigenvalue weighted by molar-refractivity contribution is 7.38. The second kappa shape index (κ2) is 5.09. The summed E-state index contributed by atoms with van der Waals surface area (Å²) in [5, 5.41) is 2.21. The normalized spacial score (nSPS) is 11.8. The van der Waals surface area contributed by atoms with Crippen LogP contribution in [-0.2, 0) is 6.42 Å². The van der Waals surface area contributed by atoms with E-state index in [1.165, 1.54) is 50.9 Å². The third-order valence-corrected chi connectivity index (χ3v) is 6.71. The van der Waals surface area contributed by atoms with Crippen molar-refractivity contribution < 1.29 is 0 Å². The van der Waals surface area contributed by atoms with Gasteiger partial charge in [0.25, 0.3) is 0 Å². The summed E-state index contributed by atoms with van der Waals surface area (Å²) in [5.41, 5.74) is 0. The summed E-state index contributed by atoms with van der Waals surface area (Å²) >= 11 is 5.86. The minimum Gasteiger partial charge on any atom is -0.141 e. The van der Waals surface area contributed by atoms with Crippen LogP contribution in [0.25, 0.3) is 18.8 Å². The molecule has 3 heterocycles. The highest BCUT2D eigenvalue weighted by atomic mass is 32.1. The first-order valence-corrected chi connectivity index (χ1v) is 8.78. The van der Waals surface area contributed by atoms with Gasteiger partial charge >= 0.3 is 0 Å². The van der Waals surface area contributed by atoms with Crippen LogP contribution in [0, 0.1) is 0 Å². The van der Waals surface area contributed by atoms with Crippen molar-refractivity contribution in [3.05, 3.63) is 22.4 Å². The predicted molar refractivity (Wildman–Crippen MR) is 82.9 cm³/mol. The number of fused-ring (bicyclic) bond motifs is 3. The number of rotatable bonds is 5. The Morgan fingerprint density at radius 3 is 2.82 bits per heavy atom. The van der Waals surface area contributed by atoms with Crippen LogP contribution >= 0.6 is 34.0 Å². The molecule has 0 aliphatic heterocycles. The molecular weight excluding hydrogens is 264 g/mol. The van der Waals surface area contributed by atoms with E-state index in [1.807, 2.05) is 34.0 Å². The highest BCUT2D eigenvalue weighted by Gasteiger charge is 2.10. The molecule has 3 heteroatoms. The van der Waals surface area contributed by atoms with Crippen LogP contribution in [0.1, 0.15) is 37.5 Å². The maximum atomic E-state index is 2.42. The topological polar surface area (TPSA) is 0 Å². The lowest BCUT2D eigenvalue weighted by Gasteiger charge is -1.96. The second-order valence-corrected chi connectivity index (χ2v) is 7.57. The summed E-state index contributed by atoms with van der Waals surface area (Å²) < 4.78 is 6.01. The van der Waals surface area contributed by atoms with Gasteiger partial charge in [-0.1, -0.05) is 26.2 Å². The highest BCUT2D eigenvalue weighted by Crippen LogP contribution is 2.42. The molecule has 0 spiro atoms. The Morgan fingerprint density at radius 1 is 1.00 bits per heavy atom. The van der Waals surface area contributed by atoms with Gasteiger partial charge in [-0.15, -0.1) is 34.0 Å². The number of unbranched alkanes of at least 4 members (excludes halogenated alkanes) is 3. The van der Waals surface area contributed by atoms with Crippen LogP contribution in [0.4, 0.5) is 0 Å². The molecule has 0 nitrogen and oxygen atoms in total. The molecule has 0 aliphatic rings. The fraction of sp³-hybridized carbons (Fsp3) is 0.429. The van der Waals surface area contributed by atoms with Crippen molar-refractivity contribution in [2.75, 3.05) is 0 Å². The fourth-order valence-corrected chi connectivity index (χ4v) is 6.00. The van der Waals surface area contributed by atoms with Crippen LogP contribution in [0.2, 0.25) is 0 Å². The van der Waals surface area contributed by atoms with E-state index >= 15 is 0 Å². The monoisotopic (exact) mass is 280 g/mol. The molecule has 0 aromatic carbocycles. The Morgan fingerprint density at radius 2 is 1.94 bits per heavy atom. The van der Waals surface area contributed by atoms with E-state index in [1.54, 1.807) is 4.88 Å². The van der Waals surface area contributed by atoms with Crippen molar-refractivity contribution >= 4 is 52.8 Å². The molecule has 0 bridgehead atoms. The van der Waals surface area contributed by atoms with Crippen LogP contribution in [0.5, 0.6) is 0 Å². The number of hydrogen-bond acceptors (Lipinski definition) is 3. The van der Waals surface area contributed by atoms with Gasteiger partial charge in [-0.25, -0.2) is 0 Å². The summed E-state index contributed by atoms with van der Waals surface area (Å²) in [6.45, 7) is 2.27. The lowest BCUT2D eigenvalue weighted by Crippen LogP contribution is -1.80. The molecule has 3 aromatic rings. The summed E-state index contributed by atoms with van der Waals surface area (Å²) in [4.78, 5) is 1.58. The quantitative estimate of drug-likeness (QED) is 0.481. The lowest BCUT2D eigenvalue weighted by atomic mass is 10.1. The van der Waals surface area contributed by atoms with E-state index in [2.05, 4.69) is 24.4 Å². The maximum Gasteiger partial charge on any atom is 0.0632 e. The molecule has 3 aromatic heterocycles. The molecule has 0 saturated carbocycles. The predicted octanol–water partition coefficient (Wildman–Crippen LogP) is 6.30. The number of hydrogen-bond donors (Lipinski definition) is 0. The minimum absolute atomic E-state index is 1.28. The molecular formula is C14H16S3. The zero-order chi connectivity index (χ0) is 11.7. The summed E-state index contributed by atoms with van der Waals surface area (Å²) in [5.74, 6) is 0. The molecule has 0 aliphatic carbocycles. The first kappa shape index (κ1) is 11.7. The fourth-order valence-electron chi connectivity index (χ4n) is 2.17. The van der Waals surface area contributed by atoms with E-state index in [0.717, 1.165) is 0 Å². The van der Waals surface area contributed by atoms with Gasteiger partial charge in [0.15, 0.2) is 0 Å². The van der Waals surface area contributed by atoms with Gasteiger partial charge < -0.3 is 0 Å². The average Bonchev–Trinajstić information content (AvgIpc) is 2.95. The molecule has 0 saturated heterocycles. The van der Waals surface area contributed by atoms with Crippen molar-refractivity contribution in [3.8, 4) is 0 Å². The summed E-state index contributed by atoms with van der Waals surface area (Å²) in [6.07, 6.45) is 6.73. The number of aryl methyl sites for hydroxylation is 1. The summed E-state index contributed by atoms with van der Waals surface area (Å²) in [7, 11) is 0. The molecule has 3 rings (SSSR count). The molecule has 90 valence electrons. The number of thiophene rings is 3. The molecule has 0 fully saturated rings. The van der Waals surface area contributed by atoms with Gasteiger partial charge in [0.05, 0.1) is 9.40 Å². The van der Waals surface area contributed by atoms with E-state index in [0.29, 0.717) is 0 Å². The Hall–Kier alpha value is -0.380. The Bertz CT molecular complexity index is 612. The van der Waals surface area contributed by atoms with Gasteiger partial charge in [-0.3, -0.25) is 0 Å². The zero-order valence-electron chi connectivity index (χ0n) is 9.99. The van der Waals surface area contributed by atoms with Crippen molar-refractivity contribution in [1.29, 1.82) is 0 Å². The second-order valence-electron chi connectivity index (χ2n) is 4.43. The van der Waals surface area contributed by atoms with Gasteiger partial charge in [0.2, 0.25) is 0 Å². The Kier molecular flexibility index (Phi) is 3.50. The third-order valence-electron chi connectivity index (χ3n) is 3.08. The van der Waals surface area contributed by atoms with Crippen molar-refractivity contribution in [2.45, 2.75) is 39.0 Å². The molecule has 0 radical (unpaired) electrons. The van der Waals surface area contributed by atoms with Crippen molar-refractivity contribution in [1.82, 2.24) is 0 Å². The van der Waals surface area contributed by atoms with Gasteiger partial charge in [-0.05, 0) is 30.4 Å². The van der Waals surface area contributed by atoms with Crippen LogP contribution in [0.15, 0.2) is 17.5 Å². The lowest BCUT2D eigenvalue weighted by molar-refractivity contribution is 0.670. The maximum absolute atomic E-state index is 2.42. The van der Waals surface area contributed by atoms with Crippen molar-refractivity contribution in [2.24, 2.45) is 0 Å². The zero-order valence-corrected chi connectivity index (χ0v) is 12.4. The molecule has 0 atom stereocenters. The minimum atomic E-state index is 1.28. The Labute approximate surface area is 114 Å². The molecule has 0 unspecified atom stereocenters. The van der Waals surface area contributed by atoms with Crippen LogP contribution in [0.3, 0.4) is 0 Å².